The molecule has 2 N–H and O–H groups in total. The lowest BCUT2D eigenvalue weighted by atomic mass is 9.85. The molecule has 0 aromatic heterocycles. The van der Waals surface area contributed by atoms with Crippen LogP contribution in [0.2, 0.25) is 0 Å². The smallest absolute Gasteiger partial charge is 0.233 e. The van der Waals surface area contributed by atoms with Crippen LogP contribution in [-0.4, -0.2) is 62.9 Å². The standard InChI is InChI=1S/C24H33N5O2/c1-25-24(26-12-6-7-14-28(2)19-8-4-3-5-9-19)27-13-15-29-22(30)20-17-10-11-18(16-17)21(20)23(29)31/h3-5,8-11,17-18,20-21H,6-7,12-16H2,1-2H3,(H2,25,26,27). The second-order valence-electron chi connectivity index (χ2n) is 8.72. The van der Waals surface area contributed by atoms with Gasteiger partial charge < -0.3 is 15.5 Å². The first-order valence-electron chi connectivity index (χ1n) is 11.3. The van der Waals surface area contributed by atoms with Gasteiger partial charge in [0.1, 0.15) is 0 Å². The Hall–Kier alpha value is -2.83. The molecule has 4 unspecified atom stereocenters. The van der Waals surface area contributed by atoms with Gasteiger partial charge in [0.05, 0.1) is 11.8 Å². The van der Waals surface area contributed by atoms with Crippen LogP contribution in [0.4, 0.5) is 5.69 Å². The van der Waals surface area contributed by atoms with Crippen molar-refractivity contribution >= 4 is 23.5 Å². The topological polar surface area (TPSA) is 77.0 Å². The van der Waals surface area contributed by atoms with Gasteiger partial charge in [-0.15, -0.1) is 0 Å². The molecule has 0 radical (unpaired) electrons. The molecule has 1 saturated heterocycles. The van der Waals surface area contributed by atoms with Crippen LogP contribution in [0.1, 0.15) is 19.3 Å². The number of aliphatic imine (C=N–C) groups is 1. The fourth-order valence-corrected chi connectivity index (χ4v) is 5.18. The van der Waals surface area contributed by atoms with Crippen molar-refractivity contribution in [2.45, 2.75) is 19.3 Å². The molecule has 2 amide bonds. The van der Waals surface area contributed by atoms with E-state index in [9.17, 15) is 9.59 Å². The zero-order valence-electron chi connectivity index (χ0n) is 18.5. The summed E-state index contributed by atoms with van der Waals surface area (Å²) in [5.74, 6) is 1.03. The number of hydrogen-bond acceptors (Lipinski definition) is 4. The van der Waals surface area contributed by atoms with E-state index in [1.807, 2.05) is 6.07 Å². The van der Waals surface area contributed by atoms with Crippen molar-refractivity contribution in [3.05, 3.63) is 42.5 Å². The molecule has 1 aromatic rings. The van der Waals surface area contributed by atoms with Gasteiger partial charge in [0, 0.05) is 46.0 Å². The number of allylic oxidation sites excluding steroid dienone is 2. The number of anilines is 1. The Morgan fingerprint density at radius 3 is 2.32 bits per heavy atom. The maximum atomic E-state index is 12.7. The third-order valence-corrected chi connectivity index (χ3v) is 6.82. The predicted molar refractivity (Wildman–Crippen MR) is 123 cm³/mol. The van der Waals surface area contributed by atoms with Crippen LogP contribution in [0.5, 0.6) is 0 Å². The molecule has 1 saturated carbocycles. The quantitative estimate of drug-likeness (QED) is 0.209. The number of imide groups is 1. The fraction of sp³-hybridized carbons (Fsp3) is 0.542. The van der Waals surface area contributed by atoms with Crippen molar-refractivity contribution in [1.82, 2.24) is 15.5 Å². The van der Waals surface area contributed by atoms with Crippen LogP contribution in [0, 0.1) is 23.7 Å². The predicted octanol–water partition coefficient (Wildman–Crippen LogP) is 1.88. The number of carbonyl (C=O) groups excluding carboxylic acids is 2. The van der Waals surface area contributed by atoms with Crippen molar-refractivity contribution in [1.29, 1.82) is 0 Å². The first kappa shape index (κ1) is 21.4. The molecule has 3 aliphatic rings. The lowest BCUT2D eigenvalue weighted by Crippen LogP contribution is -2.44. The van der Waals surface area contributed by atoms with Gasteiger partial charge in [-0.1, -0.05) is 30.4 Å². The van der Waals surface area contributed by atoms with E-state index in [2.05, 4.69) is 64.0 Å². The Bertz CT molecular complexity index is 823. The Labute approximate surface area is 184 Å². The molecule has 0 spiro atoms. The van der Waals surface area contributed by atoms with E-state index in [1.165, 1.54) is 10.6 Å². The number of rotatable bonds is 9. The highest BCUT2D eigenvalue weighted by molar-refractivity contribution is 6.06. The molecule has 7 heteroatoms. The van der Waals surface area contributed by atoms with E-state index < -0.39 is 0 Å². The molecule has 166 valence electrons. The molecule has 1 aliphatic heterocycles. The number of unbranched alkanes of at least 4 members (excludes halogenated alkanes) is 1. The normalized spacial score (nSPS) is 26.5. The molecule has 4 atom stereocenters. The van der Waals surface area contributed by atoms with Crippen LogP contribution in [0.3, 0.4) is 0 Å². The third-order valence-electron chi connectivity index (χ3n) is 6.82. The first-order valence-corrected chi connectivity index (χ1v) is 11.3. The second-order valence-corrected chi connectivity index (χ2v) is 8.72. The number of likely N-dealkylation sites (tertiary alicyclic amines) is 1. The van der Waals surface area contributed by atoms with Gasteiger partial charge in [-0.3, -0.25) is 19.5 Å². The van der Waals surface area contributed by atoms with E-state index in [0.717, 1.165) is 32.4 Å². The lowest BCUT2D eigenvalue weighted by Gasteiger charge is -2.20. The van der Waals surface area contributed by atoms with E-state index >= 15 is 0 Å². The summed E-state index contributed by atoms with van der Waals surface area (Å²) >= 11 is 0. The summed E-state index contributed by atoms with van der Waals surface area (Å²) < 4.78 is 0. The number of hydrogen-bond donors (Lipinski definition) is 2. The van der Waals surface area contributed by atoms with Crippen LogP contribution < -0.4 is 15.5 Å². The maximum Gasteiger partial charge on any atom is 0.233 e. The summed E-state index contributed by atoms with van der Waals surface area (Å²) in [6.45, 7) is 2.72. The van der Waals surface area contributed by atoms with Crippen molar-refractivity contribution in [3.8, 4) is 0 Å². The SMILES string of the molecule is CN=C(NCCCCN(C)c1ccccc1)NCCN1C(=O)C2C3C=CC(C3)C2C1=O. The summed E-state index contributed by atoms with van der Waals surface area (Å²) in [6, 6.07) is 10.4. The zero-order chi connectivity index (χ0) is 21.8. The highest BCUT2D eigenvalue weighted by atomic mass is 16.2. The summed E-state index contributed by atoms with van der Waals surface area (Å²) in [5, 5.41) is 6.55. The van der Waals surface area contributed by atoms with E-state index in [1.54, 1.807) is 7.05 Å². The number of para-hydroxylation sites is 1. The zero-order valence-corrected chi connectivity index (χ0v) is 18.5. The average molecular weight is 424 g/mol. The van der Waals surface area contributed by atoms with Gasteiger partial charge in [-0.2, -0.15) is 0 Å². The molecule has 2 bridgehead atoms. The molecule has 7 nitrogen and oxygen atoms in total. The summed E-state index contributed by atoms with van der Waals surface area (Å²) in [7, 11) is 3.85. The molecular weight excluding hydrogens is 390 g/mol. The van der Waals surface area contributed by atoms with Crippen LogP contribution in [0.25, 0.3) is 0 Å². The minimum absolute atomic E-state index is 0.0131. The molecule has 1 aromatic carbocycles. The summed E-state index contributed by atoms with van der Waals surface area (Å²) in [4.78, 5) is 33.4. The van der Waals surface area contributed by atoms with Gasteiger partial charge in [0.2, 0.25) is 11.8 Å². The molecule has 1 heterocycles. The molecule has 2 aliphatic carbocycles. The van der Waals surface area contributed by atoms with Gasteiger partial charge in [-0.25, -0.2) is 0 Å². The van der Waals surface area contributed by atoms with Crippen LogP contribution >= 0.6 is 0 Å². The van der Waals surface area contributed by atoms with Crippen molar-refractivity contribution in [3.63, 3.8) is 0 Å². The largest absolute Gasteiger partial charge is 0.375 e. The van der Waals surface area contributed by atoms with Crippen LogP contribution in [0.15, 0.2) is 47.5 Å². The van der Waals surface area contributed by atoms with Gasteiger partial charge >= 0.3 is 0 Å². The highest BCUT2D eigenvalue weighted by Crippen LogP contribution is 2.52. The van der Waals surface area contributed by atoms with Gasteiger partial charge in [0.15, 0.2) is 5.96 Å². The molecule has 4 rings (SSSR count). The minimum Gasteiger partial charge on any atom is -0.375 e. The Kier molecular flexibility index (Phi) is 6.59. The van der Waals surface area contributed by atoms with Crippen molar-refractivity contribution < 1.29 is 9.59 Å². The highest BCUT2D eigenvalue weighted by Gasteiger charge is 2.58. The minimum atomic E-state index is -0.117. The van der Waals surface area contributed by atoms with Gasteiger partial charge in [-0.05, 0) is 43.2 Å². The van der Waals surface area contributed by atoms with E-state index in [0.29, 0.717) is 19.0 Å². The summed E-state index contributed by atoms with van der Waals surface area (Å²) in [6.07, 6.45) is 7.33. The number of nitrogens with one attached hydrogen (secondary N) is 2. The number of nitrogens with zero attached hydrogens (tertiary/aromatic N) is 3. The molecule has 2 fully saturated rings. The number of carbonyl (C=O) groups is 2. The average Bonchev–Trinajstić information content (AvgIpc) is 3.47. The monoisotopic (exact) mass is 423 g/mol. The Morgan fingerprint density at radius 1 is 1.03 bits per heavy atom. The second kappa shape index (κ2) is 9.54. The third kappa shape index (κ3) is 4.45. The lowest BCUT2D eigenvalue weighted by molar-refractivity contribution is -0.140. The number of guanidine groups is 1. The number of benzene rings is 1. The molecule has 31 heavy (non-hydrogen) atoms. The Morgan fingerprint density at radius 2 is 1.68 bits per heavy atom. The van der Waals surface area contributed by atoms with Crippen LogP contribution in [-0.2, 0) is 9.59 Å². The first-order chi connectivity index (χ1) is 15.1. The number of amides is 2. The van der Waals surface area contributed by atoms with E-state index in [-0.39, 0.29) is 35.5 Å². The van der Waals surface area contributed by atoms with E-state index in [4.69, 9.17) is 0 Å². The Balaban J connectivity index is 1.13. The van der Waals surface area contributed by atoms with Gasteiger partial charge in [0.25, 0.3) is 0 Å². The fourth-order valence-electron chi connectivity index (χ4n) is 5.18. The van der Waals surface area contributed by atoms with Crippen molar-refractivity contribution in [2.24, 2.45) is 28.7 Å². The molecular formula is C24H33N5O2. The number of fused-ring (bicyclic) bond motifs is 5. The maximum absolute atomic E-state index is 12.7. The summed E-state index contributed by atoms with van der Waals surface area (Å²) in [5.41, 5.74) is 1.23. The van der Waals surface area contributed by atoms with Crippen molar-refractivity contribution in [2.75, 3.05) is 45.2 Å².